The monoisotopic (exact) mass is 254 g/mol. The van der Waals surface area contributed by atoms with Crippen LogP contribution in [0.4, 0.5) is 11.4 Å². The third kappa shape index (κ3) is 3.08. The van der Waals surface area contributed by atoms with E-state index >= 15 is 0 Å². The molecule has 0 aliphatic carbocycles. The molecule has 0 heterocycles. The zero-order valence-corrected chi connectivity index (χ0v) is 12.2. The Morgan fingerprint density at radius 3 is 2.32 bits per heavy atom. The van der Waals surface area contributed by atoms with Gasteiger partial charge in [0.25, 0.3) is 0 Å². The number of benzene rings is 2. The molecular weight excluding hydrogens is 232 g/mol. The molecule has 0 amide bonds. The van der Waals surface area contributed by atoms with E-state index in [1.54, 1.807) is 0 Å². The number of nitrogens with two attached hydrogens (primary N) is 1. The van der Waals surface area contributed by atoms with Crippen molar-refractivity contribution in [3.8, 4) is 0 Å². The van der Waals surface area contributed by atoms with E-state index in [1.165, 1.54) is 22.3 Å². The highest BCUT2D eigenvalue weighted by molar-refractivity contribution is 5.68. The highest BCUT2D eigenvalue weighted by Gasteiger charge is 2.08. The number of nitrogen functional groups attached to an aromatic ring is 1. The maximum absolute atomic E-state index is 6.07. The second-order valence-corrected chi connectivity index (χ2v) is 5.35. The van der Waals surface area contributed by atoms with Crippen LogP contribution in [0.2, 0.25) is 0 Å². The van der Waals surface area contributed by atoms with Gasteiger partial charge in [0.1, 0.15) is 0 Å². The third-order valence-corrected chi connectivity index (χ3v) is 3.51. The highest BCUT2D eigenvalue weighted by Crippen LogP contribution is 2.25. The van der Waals surface area contributed by atoms with Crippen molar-refractivity contribution in [2.75, 3.05) is 17.7 Å². The lowest BCUT2D eigenvalue weighted by Crippen LogP contribution is -2.18. The van der Waals surface area contributed by atoms with E-state index in [0.29, 0.717) is 0 Å². The van der Waals surface area contributed by atoms with Crippen molar-refractivity contribution in [1.29, 1.82) is 0 Å². The molecule has 2 aromatic carbocycles. The summed E-state index contributed by atoms with van der Waals surface area (Å²) in [7, 11) is 2.09. The smallest absolute Gasteiger partial charge is 0.0603 e. The van der Waals surface area contributed by atoms with Gasteiger partial charge in [-0.3, -0.25) is 0 Å². The lowest BCUT2D eigenvalue weighted by atomic mass is 10.0. The van der Waals surface area contributed by atoms with Gasteiger partial charge in [-0.15, -0.1) is 0 Å². The summed E-state index contributed by atoms with van der Waals surface area (Å²) in [5, 5.41) is 0. The minimum atomic E-state index is 0.832. The van der Waals surface area contributed by atoms with Gasteiger partial charge in [0, 0.05) is 13.6 Å². The van der Waals surface area contributed by atoms with E-state index in [9.17, 15) is 0 Å². The molecule has 2 N–H and O–H groups in total. The van der Waals surface area contributed by atoms with Crippen molar-refractivity contribution in [2.24, 2.45) is 0 Å². The number of hydrogen-bond donors (Lipinski definition) is 1. The molecule has 2 heteroatoms. The minimum Gasteiger partial charge on any atom is -0.397 e. The van der Waals surface area contributed by atoms with E-state index < -0.39 is 0 Å². The van der Waals surface area contributed by atoms with Crippen molar-refractivity contribution in [2.45, 2.75) is 27.3 Å². The lowest BCUT2D eigenvalue weighted by Gasteiger charge is -2.23. The topological polar surface area (TPSA) is 29.3 Å². The summed E-state index contributed by atoms with van der Waals surface area (Å²) < 4.78 is 0. The maximum atomic E-state index is 6.07. The summed E-state index contributed by atoms with van der Waals surface area (Å²) in [4.78, 5) is 2.21. The molecule has 0 aromatic heterocycles. The Bertz CT molecular complexity index is 588. The molecule has 0 aliphatic heterocycles. The number of aryl methyl sites for hydroxylation is 3. The highest BCUT2D eigenvalue weighted by atomic mass is 15.1. The average molecular weight is 254 g/mol. The SMILES string of the molecule is Cc1ccc(C)c(CN(C)c2cc(C)ccc2N)c1. The van der Waals surface area contributed by atoms with Crippen molar-refractivity contribution >= 4 is 11.4 Å². The Hall–Kier alpha value is -1.96. The van der Waals surface area contributed by atoms with E-state index in [-0.39, 0.29) is 0 Å². The number of nitrogens with zero attached hydrogens (tertiary/aromatic N) is 1. The van der Waals surface area contributed by atoms with Crippen LogP contribution in [0.1, 0.15) is 22.3 Å². The fraction of sp³-hybridized carbons (Fsp3) is 0.294. The van der Waals surface area contributed by atoms with Gasteiger partial charge in [0.15, 0.2) is 0 Å². The third-order valence-electron chi connectivity index (χ3n) is 3.51. The van der Waals surface area contributed by atoms with Gasteiger partial charge in [0.05, 0.1) is 11.4 Å². The van der Waals surface area contributed by atoms with Crippen molar-refractivity contribution in [3.63, 3.8) is 0 Å². The van der Waals surface area contributed by atoms with Crippen LogP contribution < -0.4 is 10.6 Å². The van der Waals surface area contributed by atoms with Gasteiger partial charge in [-0.2, -0.15) is 0 Å². The second kappa shape index (κ2) is 5.35. The first-order chi connectivity index (χ1) is 8.97. The Labute approximate surface area is 115 Å². The molecule has 0 atom stereocenters. The first-order valence-corrected chi connectivity index (χ1v) is 6.61. The number of anilines is 2. The molecular formula is C17H22N2. The van der Waals surface area contributed by atoms with Crippen LogP contribution in [-0.4, -0.2) is 7.05 Å². The number of rotatable bonds is 3. The molecule has 2 nitrogen and oxygen atoms in total. The summed E-state index contributed by atoms with van der Waals surface area (Å²) in [6.45, 7) is 7.25. The summed E-state index contributed by atoms with van der Waals surface area (Å²) in [6, 6.07) is 12.7. The fourth-order valence-corrected chi connectivity index (χ4v) is 2.30. The van der Waals surface area contributed by atoms with Crippen LogP contribution in [0.25, 0.3) is 0 Å². The zero-order chi connectivity index (χ0) is 14.0. The van der Waals surface area contributed by atoms with Gasteiger partial charge in [-0.1, -0.05) is 29.8 Å². The minimum absolute atomic E-state index is 0.832. The number of hydrogen-bond acceptors (Lipinski definition) is 2. The van der Waals surface area contributed by atoms with E-state index in [1.807, 2.05) is 12.1 Å². The summed E-state index contributed by atoms with van der Waals surface area (Å²) in [5.74, 6) is 0. The predicted molar refractivity (Wildman–Crippen MR) is 83.6 cm³/mol. The molecule has 0 saturated heterocycles. The molecule has 0 radical (unpaired) electrons. The molecule has 100 valence electrons. The predicted octanol–water partition coefficient (Wildman–Crippen LogP) is 3.83. The first kappa shape index (κ1) is 13.5. The van der Waals surface area contributed by atoms with Gasteiger partial charge >= 0.3 is 0 Å². The quantitative estimate of drug-likeness (QED) is 0.843. The van der Waals surface area contributed by atoms with Crippen molar-refractivity contribution in [1.82, 2.24) is 0 Å². The van der Waals surface area contributed by atoms with Gasteiger partial charge in [-0.05, 0) is 49.6 Å². The van der Waals surface area contributed by atoms with Crippen LogP contribution in [0.15, 0.2) is 36.4 Å². The first-order valence-electron chi connectivity index (χ1n) is 6.61. The molecule has 0 bridgehead atoms. The van der Waals surface area contributed by atoms with Crippen LogP contribution in [0.5, 0.6) is 0 Å². The Morgan fingerprint density at radius 2 is 1.58 bits per heavy atom. The average Bonchev–Trinajstić information content (AvgIpc) is 2.36. The molecule has 19 heavy (non-hydrogen) atoms. The molecule has 0 aliphatic rings. The van der Waals surface area contributed by atoms with Gasteiger partial charge in [0.2, 0.25) is 0 Å². The van der Waals surface area contributed by atoms with E-state index in [4.69, 9.17) is 5.73 Å². The van der Waals surface area contributed by atoms with Crippen LogP contribution in [0, 0.1) is 20.8 Å². The van der Waals surface area contributed by atoms with Gasteiger partial charge in [-0.25, -0.2) is 0 Å². The summed E-state index contributed by atoms with van der Waals surface area (Å²) in [5.41, 5.74) is 13.2. The molecule has 2 aromatic rings. The Kier molecular flexibility index (Phi) is 3.79. The zero-order valence-electron chi connectivity index (χ0n) is 12.2. The largest absolute Gasteiger partial charge is 0.397 e. The molecule has 0 saturated carbocycles. The van der Waals surface area contributed by atoms with E-state index in [2.05, 4.69) is 57.0 Å². The van der Waals surface area contributed by atoms with Crippen LogP contribution in [-0.2, 0) is 6.54 Å². The Morgan fingerprint density at radius 1 is 0.947 bits per heavy atom. The molecule has 2 rings (SSSR count). The summed E-state index contributed by atoms with van der Waals surface area (Å²) >= 11 is 0. The maximum Gasteiger partial charge on any atom is 0.0603 e. The van der Waals surface area contributed by atoms with Crippen molar-refractivity contribution < 1.29 is 0 Å². The van der Waals surface area contributed by atoms with E-state index in [0.717, 1.165) is 17.9 Å². The Balaban J connectivity index is 2.27. The van der Waals surface area contributed by atoms with Crippen LogP contribution >= 0.6 is 0 Å². The van der Waals surface area contributed by atoms with Crippen LogP contribution in [0.3, 0.4) is 0 Å². The fourth-order valence-electron chi connectivity index (χ4n) is 2.30. The lowest BCUT2D eigenvalue weighted by molar-refractivity contribution is 0.913. The normalized spacial score (nSPS) is 10.5. The van der Waals surface area contributed by atoms with Crippen molar-refractivity contribution in [3.05, 3.63) is 58.7 Å². The summed E-state index contributed by atoms with van der Waals surface area (Å²) in [6.07, 6.45) is 0. The molecule has 0 spiro atoms. The standard InChI is InChI=1S/C17H22N2/c1-12-5-7-14(3)15(9-12)11-19(4)17-10-13(2)6-8-16(17)18/h5-10H,11,18H2,1-4H3. The molecule has 0 fully saturated rings. The van der Waals surface area contributed by atoms with Gasteiger partial charge < -0.3 is 10.6 Å². The second-order valence-electron chi connectivity index (χ2n) is 5.35. The molecule has 0 unspecified atom stereocenters.